The Bertz CT molecular complexity index is 1290. The number of aryl methyl sites for hydroxylation is 1. The molecular formula is C33H45N3O9. The average molecular weight is 628 g/mol. The van der Waals surface area contributed by atoms with E-state index in [0.29, 0.717) is 17.7 Å². The molecular weight excluding hydrogens is 582 g/mol. The molecule has 2 atom stereocenters. The number of benzene rings is 2. The van der Waals surface area contributed by atoms with Crippen molar-refractivity contribution in [3.05, 3.63) is 65.2 Å². The summed E-state index contributed by atoms with van der Waals surface area (Å²) in [7, 11) is 0. The Hall–Kier alpha value is -4.61. The second-order valence-corrected chi connectivity index (χ2v) is 11.7. The summed E-state index contributed by atoms with van der Waals surface area (Å²) in [6.07, 6.45) is 1.89. The Labute approximate surface area is 263 Å². The van der Waals surface area contributed by atoms with Crippen molar-refractivity contribution < 1.29 is 43.7 Å². The number of aliphatic carboxylic acids is 2. The van der Waals surface area contributed by atoms with Gasteiger partial charge in [-0.1, -0.05) is 62.2 Å². The third kappa shape index (κ3) is 14.6. The van der Waals surface area contributed by atoms with Crippen molar-refractivity contribution in [1.29, 1.82) is 0 Å². The molecule has 5 N–H and O–H groups in total. The highest BCUT2D eigenvalue weighted by Gasteiger charge is 2.29. The number of unbranched alkanes of at least 4 members (excludes halogenated alkanes) is 2. The molecule has 0 aliphatic heterocycles. The molecule has 45 heavy (non-hydrogen) atoms. The molecule has 0 bridgehead atoms. The molecule has 2 rings (SSSR count). The van der Waals surface area contributed by atoms with Gasteiger partial charge >= 0.3 is 18.0 Å². The van der Waals surface area contributed by atoms with Gasteiger partial charge in [-0.15, -0.1) is 0 Å². The number of nitrogens with one attached hydrogen (secondary N) is 3. The van der Waals surface area contributed by atoms with Crippen molar-refractivity contribution in [3.8, 4) is 5.75 Å². The molecule has 2 aromatic carbocycles. The largest absolute Gasteiger partial charge is 0.482 e. The highest BCUT2D eigenvalue weighted by molar-refractivity contribution is 5.91. The van der Waals surface area contributed by atoms with Crippen molar-refractivity contribution >= 4 is 29.8 Å². The topological polar surface area (TPSA) is 180 Å². The quantitative estimate of drug-likeness (QED) is 0.154. The standard InChI is InChI=1S/C33H45N3O9/c1-5-6-10-17-34-30(41)25(20-23-13-15-27(44-21-29(39)40)24(18-23)14-16-28(37)38)35-31(42)26(19-22-11-8-7-9-12-22)36-32(43)45-33(2,3)4/h7-9,11-13,15,18,25-26H,5-6,10,14,16-17,19-21H2,1-4H3,(H,34,41)(H,35,42)(H,36,43)(H,37,38)(H,39,40)/t25-,26-/m0/s1. The van der Waals surface area contributed by atoms with Crippen molar-refractivity contribution in [2.24, 2.45) is 0 Å². The van der Waals surface area contributed by atoms with Gasteiger partial charge in [-0.2, -0.15) is 0 Å². The number of ether oxygens (including phenoxy) is 2. The van der Waals surface area contributed by atoms with E-state index in [-0.39, 0.29) is 31.4 Å². The van der Waals surface area contributed by atoms with Crippen molar-refractivity contribution in [1.82, 2.24) is 16.0 Å². The van der Waals surface area contributed by atoms with Crippen LogP contribution in [0.2, 0.25) is 0 Å². The fraction of sp³-hybridized carbons (Fsp3) is 0.485. The van der Waals surface area contributed by atoms with Gasteiger partial charge in [0.2, 0.25) is 11.8 Å². The molecule has 0 spiro atoms. The van der Waals surface area contributed by atoms with E-state index in [1.807, 2.05) is 37.3 Å². The Morgan fingerprint density at radius 3 is 2.11 bits per heavy atom. The first-order chi connectivity index (χ1) is 21.3. The zero-order valence-corrected chi connectivity index (χ0v) is 26.4. The molecule has 0 saturated heterocycles. The number of carbonyl (C=O) groups excluding carboxylic acids is 3. The fourth-order valence-corrected chi connectivity index (χ4v) is 4.41. The number of carbonyl (C=O) groups is 5. The van der Waals surface area contributed by atoms with Crippen LogP contribution in [-0.2, 0) is 43.2 Å². The van der Waals surface area contributed by atoms with E-state index < -0.39 is 54.1 Å². The van der Waals surface area contributed by atoms with Gasteiger partial charge in [-0.3, -0.25) is 14.4 Å². The molecule has 0 heterocycles. The molecule has 3 amide bonds. The summed E-state index contributed by atoms with van der Waals surface area (Å²) >= 11 is 0. The summed E-state index contributed by atoms with van der Waals surface area (Å²) in [6, 6.07) is 11.8. The smallest absolute Gasteiger partial charge is 0.408 e. The molecule has 0 aliphatic carbocycles. The fourth-order valence-electron chi connectivity index (χ4n) is 4.41. The maximum atomic E-state index is 13.7. The average Bonchev–Trinajstić information content (AvgIpc) is 2.96. The van der Waals surface area contributed by atoms with Crippen LogP contribution in [0.15, 0.2) is 48.5 Å². The molecule has 0 fully saturated rings. The van der Waals surface area contributed by atoms with Gasteiger partial charge < -0.3 is 35.6 Å². The van der Waals surface area contributed by atoms with Crippen LogP contribution in [0.4, 0.5) is 4.79 Å². The first-order valence-corrected chi connectivity index (χ1v) is 15.1. The minimum Gasteiger partial charge on any atom is -0.482 e. The Morgan fingerprint density at radius 2 is 1.49 bits per heavy atom. The minimum atomic E-state index is -1.18. The number of hydrogen-bond acceptors (Lipinski definition) is 7. The summed E-state index contributed by atoms with van der Waals surface area (Å²) in [5.41, 5.74) is 1.04. The van der Waals surface area contributed by atoms with Gasteiger partial charge in [0.1, 0.15) is 23.4 Å². The molecule has 12 heteroatoms. The van der Waals surface area contributed by atoms with Crippen molar-refractivity contribution in [2.45, 2.75) is 90.3 Å². The lowest BCUT2D eigenvalue weighted by atomic mass is 9.99. The van der Waals surface area contributed by atoms with Gasteiger partial charge in [0.25, 0.3) is 0 Å². The lowest BCUT2D eigenvalue weighted by Gasteiger charge is -2.25. The van der Waals surface area contributed by atoms with Gasteiger partial charge in [-0.25, -0.2) is 9.59 Å². The molecule has 0 aliphatic rings. The maximum Gasteiger partial charge on any atom is 0.408 e. The van der Waals surface area contributed by atoms with Crippen LogP contribution < -0.4 is 20.7 Å². The Morgan fingerprint density at radius 1 is 0.822 bits per heavy atom. The van der Waals surface area contributed by atoms with E-state index in [1.165, 1.54) is 6.07 Å². The van der Waals surface area contributed by atoms with E-state index in [2.05, 4.69) is 16.0 Å². The van der Waals surface area contributed by atoms with Crippen LogP contribution >= 0.6 is 0 Å². The number of carboxylic acid groups (broad SMARTS) is 2. The third-order valence-corrected chi connectivity index (χ3v) is 6.53. The lowest BCUT2D eigenvalue weighted by Crippen LogP contribution is -2.55. The second kappa shape index (κ2) is 18.3. The first kappa shape index (κ1) is 36.6. The molecule has 0 saturated carbocycles. The monoisotopic (exact) mass is 627 g/mol. The number of rotatable bonds is 18. The van der Waals surface area contributed by atoms with E-state index in [4.69, 9.17) is 14.6 Å². The Balaban J connectivity index is 2.36. The van der Waals surface area contributed by atoms with Crippen LogP contribution in [0.25, 0.3) is 0 Å². The highest BCUT2D eigenvalue weighted by atomic mass is 16.6. The van der Waals surface area contributed by atoms with Crippen LogP contribution in [0.3, 0.4) is 0 Å². The normalized spacial score (nSPS) is 12.4. The molecule has 2 aromatic rings. The van der Waals surface area contributed by atoms with Crippen molar-refractivity contribution in [3.63, 3.8) is 0 Å². The molecule has 0 unspecified atom stereocenters. The van der Waals surface area contributed by atoms with Gasteiger partial charge in [0.15, 0.2) is 6.61 Å². The minimum absolute atomic E-state index is 0.0368. The van der Waals surface area contributed by atoms with Crippen molar-refractivity contribution in [2.75, 3.05) is 13.2 Å². The van der Waals surface area contributed by atoms with E-state index >= 15 is 0 Å². The number of carboxylic acids is 2. The molecule has 246 valence electrons. The zero-order chi connectivity index (χ0) is 33.4. The van der Waals surface area contributed by atoms with Crippen LogP contribution in [-0.4, -0.2) is 70.9 Å². The predicted molar refractivity (Wildman–Crippen MR) is 167 cm³/mol. The summed E-state index contributed by atoms with van der Waals surface area (Å²) < 4.78 is 10.7. The SMILES string of the molecule is CCCCCNC(=O)[C@H](Cc1ccc(OCC(=O)O)c(CCC(=O)O)c1)NC(=O)[C@H](Cc1ccccc1)NC(=O)OC(C)(C)C. The second-order valence-electron chi connectivity index (χ2n) is 11.7. The molecule has 0 radical (unpaired) electrons. The summed E-state index contributed by atoms with van der Waals surface area (Å²) in [4.78, 5) is 62.0. The lowest BCUT2D eigenvalue weighted by molar-refractivity contribution is -0.139. The van der Waals surface area contributed by atoms with Gasteiger partial charge in [0, 0.05) is 25.8 Å². The first-order valence-electron chi connectivity index (χ1n) is 15.1. The third-order valence-electron chi connectivity index (χ3n) is 6.53. The number of alkyl carbamates (subject to hydrolysis) is 1. The predicted octanol–water partition coefficient (Wildman–Crippen LogP) is 3.64. The maximum absolute atomic E-state index is 13.7. The summed E-state index contributed by atoms with van der Waals surface area (Å²) in [5, 5.41) is 26.5. The van der Waals surface area contributed by atoms with E-state index in [0.717, 1.165) is 24.8 Å². The Kier molecular flexibility index (Phi) is 14.8. The number of hydrogen-bond donors (Lipinski definition) is 5. The summed E-state index contributed by atoms with van der Waals surface area (Å²) in [5.74, 6) is -3.02. The van der Waals surface area contributed by atoms with Crippen LogP contribution in [0, 0.1) is 0 Å². The van der Waals surface area contributed by atoms with Gasteiger partial charge in [-0.05, 0) is 56.4 Å². The number of amides is 3. The highest BCUT2D eigenvalue weighted by Crippen LogP contribution is 2.23. The van der Waals surface area contributed by atoms with Crippen LogP contribution in [0.5, 0.6) is 5.75 Å². The van der Waals surface area contributed by atoms with E-state index in [1.54, 1.807) is 32.9 Å². The van der Waals surface area contributed by atoms with E-state index in [9.17, 15) is 29.1 Å². The molecule has 12 nitrogen and oxygen atoms in total. The zero-order valence-electron chi connectivity index (χ0n) is 26.4. The van der Waals surface area contributed by atoms with Gasteiger partial charge in [0.05, 0.1) is 0 Å². The molecule has 0 aromatic heterocycles. The van der Waals surface area contributed by atoms with Crippen LogP contribution in [0.1, 0.15) is 70.1 Å². The summed E-state index contributed by atoms with van der Waals surface area (Å²) in [6.45, 7) is 6.97.